The topological polar surface area (TPSA) is 74.6 Å². The van der Waals surface area contributed by atoms with Crippen molar-refractivity contribution in [1.82, 2.24) is 0 Å². The Balaban J connectivity index is 4.63. The van der Waals surface area contributed by atoms with Gasteiger partial charge in [-0.25, -0.2) is 0 Å². The van der Waals surface area contributed by atoms with Crippen LogP contribution in [-0.2, 0) is 9.59 Å². The van der Waals surface area contributed by atoms with Gasteiger partial charge in [-0.1, -0.05) is 12.8 Å². The fraction of sp³-hybridized carbons (Fsp3) is 0.857. The summed E-state index contributed by atoms with van der Waals surface area (Å²) >= 11 is 11.3. The van der Waals surface area contributed by atoms with Gasteiger partial charge < -0.3 is 10.2 Å². The Morgan fingerprint density at radius 2 is 1.25 bits per heavy atom. The van der Waals surface area contributed by atoms with Gasteiger partial charge in [0, 0.05) is 18.2 Å². The molecule has 0 saturated carbocycles. The highest BCUT2D eigenvalue weighted by atomic mass is 35.5. The summed E-state index contributed by atoms with van der Waals surface area (Å²) in [6.07, 6.45) is 4.99. The molecule has 4 nitrogen and oxygen atoms in total. The van der Waals surface area contributed by atoms with Crippen LogP contribution in [0.2, 0.25) is 0 Å². The number of hydrogen-bond acceptors (Lipinski definition) is 2. The molecule has 2 N–H and O–H groups in total. The van der Waals surface area contributed by atoms with Gasteiger partial charge in [-0.2, -0.15) is 0 Å². The van der Waals surface area contributed by atoms with E-state index in [1.54, 1.807) is 0 Å². The van der Waals surface area contributed by atoms with Crippen LogP contribution >= 0.6 is 23.2 Å². The largest absolute Gasteiger partial charge is 0.481 e. The molecule has 0 aliphatic rings. The van der Waals surface area contributed by atoms with Crippen LogP contribution in [0.1, 0.15) is 57.8 Å². The molecule has 0 fully saturated rings. The van der Waals surface area contributed by atoms with Gasteiger partial charge in [0.05, 0.1) is 5.41 Å². The maximum atomic E-state index is 11.7. The molecular weight excluding hydrogens is 303 g/mol. The van der Waals surface area contributed by atoms with E-state index in [0.29, 0.717) is 37.4 Å². The zero-order valence-corrected chi connectivity index (χ0v) is 13.3. The molecule has 0 aromatic rings. The minimum atomic E-state index is -0.884. The van der Waals surface area contributed by atoms with Gasteiger partial charge >= 0.3 is 11.9 Å². The van der Waals surface area contributed by atoms with Gasteiger partial charge in [0.15, 0.2) is 0 Å². The van der Waals surface area contributed by atoms with Gasteiger partial charge in [-0.3, -0.25) is 9.59 Å². The van der Waals surface area contributed by atoms with Crippen molar-refractivity contribution >= 4 is 35.1 Å². The predicted octanol–water partition coefficient (Wildman–Crippen LogP) is 4.13. The molecule has 20 heavy (non-hydrogen) atoms. The number of unbranched alkanes of at least 4 members (excludes halogenated alkanes) is 2. The van der Waals surface area contributed by atoms with Crippen molar-refractivity contribution in [2.75, 3.05) is 11.8 Å². The van der Waals surface area contributed by atoms with Crippen molar-refractivity contribution < 1.29 is 19.8 Å². The molecule has 0 unspecified atom stereocenters. The van der Waals surface area contributed by atoms with Gasteiger partial charge in [-0.05, 0) is 38.5 Å². The van der Waals surface area contributed by atoms with E-state index in [9.17, 15) is 14.7 Å². The highest BCUT2D eigenvalue weighted by Crippen LogP contribution is 2.37. The van der Waals surface area contributed by atoms with E-state index in [-0.39, 0.29) is 6.42 Å². The minimum absolute atomic E-state index is 0.0139. The highest BCUT2D eigenvalue weighted by Gasteiger charge is 2.36. The van der Waals surface area contributed by atoms with E-state index in [1.807, 2.05) is 0 Å². The van der Waals surface area contributed by atoms with Crippen molar-refractivity contribution in [3.8, 4) is 0 Å². The van der Waals surface area contributed by atoms with Gasteiger partial charge in [0.2, 0.25) is 0 Å². The van der Waals surface area contributed by atoms with Crippen LogP contribution in [0.25, 0.3) is 0 Å². The summed E-state index contributed by atoms with van der Waals surface area (Å²) in [5, 5.41) is 18.3. The monoisotopic (exact) mass is 326 g/mol. The zero-order valence-electron chi connectivity index (χ0n) is 11.7. The number of aliphatic carboxylic acids is 2. The maximum Gasteiger partial charge on any atom is 0.309 e. The quantitative estimate of drug-likeness (QED) is 0.394. The number of carboxylic acid groups (broad SMARTS) is 2. The Morgan fingerprint density at radius 1 is 0.800 bits per heavy atom. The molecule has 0 aromatic carbocycles. The Kier molecular flexibility index (Phi) is 10.9. The van der Waals surface area contributed by atoms with Crippen molar-refractivity contribution in [1.29, 1.82) is 0 Å². The summed E-state index contributed by atoms with van der Waals surface area (Å²) in [7, 11) is 0. The summed E-state index contributed by atoms with van der Waals surface area (Å²) in [5.41, 5.74) is -0.826. The summed E-state index contributed by atoms with van der Waals surface area (Å²) < 4.78 is 0. The van der Waals surface area contributed by atoms with Crippen LogP contribution < -0.4 is 0 Å². The zero-order chi connectivity index (χ0) is 15.4. The van der Waals surface area contributed by atoms with E-state index in [0.717, 1.165) is 25.7 Å². The Bertz CT molecular complexity index is 285. The van der Waals surface area contributed by atoms with Crippen molar-refractivity contribution in [2.45, 2.75) is 57.8 Å². The fourth-order valence-corrected chi connectivity index (χ4v) is 2.77. The van der Waals surface area contributed by atoms with Crippen LogP contribution in [0.3, 0.4) is 0 Å². The molecule has 0 aliphatic carbocycles. The number of halogens is 2. The average molecular weight is 327 g/mol. The number of alkyl halides is 2. The summed E-state index contributed by atoms with van der Waals surface area (Å²) in [5.74, 6) is -0.670. The molecule has 0 spiro atoms. The minimum Gasteiger partial charge on any atom is -0.481 e. The molecule has 118 valence electrons. The van der Waals surface area contributed by atoms with E-state index >= 15 is 0 Å². The molecule has 0 aromatic heterocycles. The van der Waals surface area contributed by atoms with E-state index in [1.165, 1.54) is 0 Å². The van der Waals surface area contributed by atoms with Crippen LogP contribution in [-0.4, -0.2) is 33.9 Å². The molecule has 0 atom stereocenters. The summed E-state index contributed by atoms with van der Waals surface area (Å²) in [6.45, 7) is 0. The normalized spacial score (nSPS) is 11.5. The lowest BCUT2D eigenvalue weighted by Gasteiger charge is -2.29. The number of carboxylic acids is 2. The van der Waals surface area contributed by atoms with E-state index in [2.05, 4.69) is 0 Å². The van der Waals surface area contributed by atoms with Crippen LogP contribution in [0, 0.1) is 5.41 Å². The molecule has 0 saturated heterocycles. The molecular formula is C14H24Cl2O4. The van der Waals surface area contributed by atoms with E-state index in [4.69, 9.17) is 28.3 Å². The lowest BCUT2D eigenvalue weighted by molar-refractivity contribution is -0.151. The fourth-order valence-electron chi connectivity index (χ4n) is 2.39. The molecule has 0 heterocycles. The second kappa shape index (κ2) is 11.2. The standard InChI is InChI=1S/C14H24Cl2O4/c15-10-3-1-7-14(13(19)20,8-2-4-11-16)9-5-6-12(17)18/h1-11H2,(H,17,18)(H,19,20). The lowest BCUT2D eigenvalue weighted by atomic mass is 9.74. The molecule has 0 radical (unpaired) electrons. The number of carbonyl (C=O) groups is 2. The third-order valence-corrected chi connectivity index (χ3v) is 4.11. The van der Waals surface area contributed by atoms with Gasteiger partial charge in [0.1, 0.15) is 0 Å². The second-order valence-electron chi connectivity index (χ2n) is 5.12. The van der Waals surface area contributed by atoms with Gasteiger partial charge in [0.25, 0.3) is 0 Å². The first-order valence-electron chi connectivity index (χ1n) is 7.05. The summed E-state index contributed by atoms with van der Waals surface area (Å²) in [6, 6.07) is 0. The van der Waals surface area contributed by atoms with E-state index < -0.39 is 17.4 Å². The third-order valence-electron chi connectivity index (χ3n) is 3.58. The molecule has 6 heteroatoms. The Hall–Kier alpha value is -0.480. The van der Waals surface area contributed by atoms with Crippen molar-refractivity contribution in [2.24, 2.45) is 5.41 Å². The Labute approximate surface area is 130 Å². The third kappa shape index (κ3) is 7.95. The Morgan fingerprint density at radius 3 is 1.60 bits per heavy atom. The first kappa shape index (κ1) is 19.5. The molecule has 0 bridgehead atoms. The van der Waals surface area contributed by atoms with Crippen LogP contribution in [0.4, 0.5) is 0 Å². The predicted molar refractivity (Wildman–Crippen MR) is 80.7 cm³/mol. The molecule has 0 aliphatic heterocycles. The lowest BCUT2D eigenvalue weighted by Crippen LogP contribution is -2.31. The highest BCUT2D eigenvalue weighted by molar-refractivity contribution is 6.18. The molecule has 0 amide bonds. The van der Waals surface area contributed by atoms with Gasteiger partial charge in [-0.15, -0.1) is 23.2 Å². The van der Waals surface area contributed by atoms with Crippen molar-refractivity contribution in [3.63, 3.8) is 0 Å². The number of rotatable bonds is 13. The first-order chi connectivity index (χ1) is 9.48. The first-order valence-corrected chi connectivity index (χ1v) is 8.12. The second-order valence-corrected chi connectivity index (χ2v) is 5.88. The van der Waals surface area contributed by atoms with Crippen LogP contribution in [0.15, 0.2) is 0 Å². The summed E-state index contributed by atoms with van der Waals surface area (Å²) in [4.78, 5) is 22.3. The van der Waals surface area contributed by atoms with Crippen LogP contribution in [0.5, 0.6) is 0 Å². The number of hydrogen-bond donors (Lipinski definition) is 2. The smallest absolute Gasteiger partial charge is 0.309 e. The average Bonchev–Trinajstić information content (AvgIpc) is 2.38. The molecule has 0 rings (SSSR count). The maximum absolute atomic E-state index is 11.7. The SMILES string of the molecule is O=C(O)CCCC(CCCCCl)(CCCCCl)C(=O)O. The van der Waals surface area contributed by atoms with Crippen molar-refractivity contribution in [3.05, 3.63) is 0 Å².